The van der Waals surface area contributed by atoms with Crippen LogP contribution in [0.4, 0.5) is 4.79 Å². The second-order valence-corrected chi connectivity index (χ2v) is 8.09. The number of nitrogens with two attached hydrogens (primary N) is 1. The molecule has 3 fully saturated rings. The number of carbonyl (C=O) groups excluding carboxylic acids is 3. The first-order valence-corrected chi connectivity index (χ1v) is 9.72. The molecule has 9 nitrogen and oxygen atoms in total. The van der Waals surface area contributed by atoms with Crippen molar-refractivity contribution in [3.8, 4) is 0 Å². The van der Waals surface area contributed by atoms with Crippen molar-refractivity contribution in [1.29, 1.82) is 0 Å². The van der Waals surface area contributed by atoms with E-state index in [1.807, 2.05) is 9.80 Å². The van der Waals surface area contributed by atoms with Gasteiger partial charge in [0.05, 0.1) is 23.4 Å². The Morgan fingerprint density at radius 3 is 2.61 bits per heavy atom. The van der Waals surface area contributed by atoms with Crippen LogP contribution in [0.1, 0.15) is 19.8 Å². The second kappa shape index (κ2) is 5.81. The number of nitrogens with one attached hydrogen (secondary N) is 1. The summed E-state index contributed by atoms with van der Waals surface area (Å²) in [5, 5.41) is 3.35. The highest BCUT2D eigenvalue weighted by Crippen LogP contribution is 2.56. The summed E-state index contributed by atoms with van der Waals surface area (Å²) < 4.78 is 11.1. The van der Waals surface area contributed by atoms with Crippen LogP contribution in [0.3, 0.4) is 0 Å². The summed E-state index contributed by atoms with van der Waals surface area (Å²) in [7, 11) is 1.57. The van der Waals surface area contributed by atoms with Crippen molar-refractivity contribution in [1.82, 2.24) is 15.1 Å². The maximum Gasteiger partial charge on any atom is 0.404 e. The molecule has 5 aliphatic rings. The molecule has 2 unspecified atom stereocenters. The van der Waals surface area contributed by atoms with Gasteiger partial charge in [-0.2, -0.15) is 0 Å². The average molecular weight is 388 g/mol. The van der Waals surface area contributed by atoms with Gasteiger partial charge in [0, 0.05) is 43.9 Å². The van der Waals surface area contributed by atoms with Gasteiger partial charge in [0.1, 0.15) is 6.61 Å². The van der Waals surface area contributed by atoms with E-state index < -0.39 is 17.7 Å². The number of hydrogen-bond acceptors (Lipinski definition) is 8. The topological polar surface area (TPSA) is 124 Å². The molecule has 28 heavy (non-hydrogen) atoms. The molecule has 0 bridgehead atoms. The van der Waals surface area contributed by atoms with Crippen LogP contribution in [0.25, 0.3) is 0 Å². The molecule has 9 heteroatoms. The largest absolute Gasteiger partial charge is 0.449 e. The molecule has 4 aliphatic heterocycles. The molecule has 4 atom stereocenters. The van der Waals surface area contributed by atoms with Gasteiger partial charge in [-0.15, -0.1) is 0 Å². The van der Waals surface area contributed by atoms with Gasteiger partial charge in [-0.05, 0) is 19.8 Å². The Balaban J connectivity index is 1.61. The standard InChI is InChI=1S/C19H24N4O5/c1-9-13(22-5-3-4-6-22)16(25)12-10(8-28-18(20)26)19(27-2)17-11(21-17)7-23(19)14(12)15(9)24/h10-11,17,21H,3-8H2,1-2H3,(H2,20,26)/t10-,11?,17?,19-/m1/s1. The Morgan fingerprint density at radius 1 is 1.25 bits per heavy atom. The average Bonchev–Trinajstić information content (AvgIpc) is 3.04. The number of piperazine rings is 1. The van der Waals surface area contributed by atoms with E-state index in [1.54, 1.807) is 14.0 Å². The number of allylic oxidation sites excluding steroid dienone is 2. The summed E-state index contributed by atoms with van der Waals surface area (Å²) >= 11 is 0. The number of likely N-dealkylation sites (tertiary alicyclic amines) is 1. The summed E-state index contributed by atoms with van der Waals surface area (Å²) in [6.07, 6.45) is 1.09. The molecule has 0 aromatic rings. The molecule has 1 amide bonds. The SMILES string of the molecule is CO[C@]12C3NC3CN1C1=C(C(=O)C(N3CCCC3)=C(C)C1=O)[C@H]2COC(N)=O. The third kappa shape index (κ3) is 2.06. The second-order valence-electron chi connectivity index (χ2n) is 8.09. The fourth-order valence-electron chi connectivity index (χ4n) is 5.60. The van der Waals surface area contributed by atoms with Gasteiger partial charge in [-0.3, -0.25) is 9.59 Å². The summed E-state index contributed by atoms with van der Waals surface area (Å²) in [5.41, 5.74) is 6.05. The number of carbonyl (C=O) groups is 3. The van der Waals surface area contributed by atoms with Crippen LogP contribution in [0.2, 0.25) is 0 Å². The maximum atomic E-state index is 13.6. The number of nitrogens with zero attached hydrogens (tertiary/aromatic N) is 2. The van der Waals surface area contributed by atoms with Crippen molar-refractivity contribution < 1.29 is 23.9 Å². The minimum absolute atomic E-state index is 0.0271. The number of amides is 1. The molecular formula is C19H24N4O5. The van der Waals surface area contributed by atoms with E-state index in [0.717, 1.165) is 25.9 Å². The van der Waals surface area contributed by atoms with Crippen molar-refractivity contribution >= 4 is 17.7 Å². The molecule has 0 radical (unpaired) electrons. The fraction of sp³-hybridized carbons (Fsp3) is 0.632. The molecule has 0 saturated carbocycles. The molecule has 0 spiro atoms. The molecule has 1 aliphatic carbocycles. The molecule has 5 rings (SSSR count). The van der Waals surface area contributed by atoms with Crippen LogP contribution in [0, 0.1) is 5.92 Å². The van der Waals surface area contributed by atoms with Crippen LogP contribution in [0.15, 0.2) is 22.5 Å². The first kappa shape index (κ1) is 17.7. The third-order valence-electron chi connectivity index (χ3n) is 6.82. The number of ether oxygens (including phenoxy) is 2. The molecule has 0 aromatic carbocycles. The summed E-state index contributed by atoms with van der Waals surface area (Å²) in [6.45, 7) is 3.74. The molecule has 150 valence electrons. The lowest BCUT2D eigenvalue weighted by molar-refractivity contribution is -0.137. The first-order chi connectivity index (χ1) is 13.4. The number of Topliss-reactive ketones (excluding diaryl/α,β-unsaturated/α-hetero) is 2. The minimum atomic E-state index is -0.920. The Kier molecular flexibility index (Phi) is 3.67. The Morgan fingerprint density at radius 2 is 1.96 bits per heavy atom. The van der Waals surface area contributed by atoms with Crippen molar-refractivity contribution in [2.24, 2.45) is 11.7 Å². The fourth-order valence-corrected chi connectivity index (χ4v) is 5.60. The van der Waals surface area contributed by atoms with Gasteiger partial charge >= 0.3 is 6.09 Å². The highest BCUT2D eigenvalue weighted by molar-refractivity contribution is 6.25. The van der Waals surface area contributed by atoms with Crippen LogP contribution < -0.4 is 11.1 Å². The van der Waals surface area contributed by atoms with Crippen molar-refractivity contribution in [2.45, 2.75) is 37.6 Å². The number of primary amides is 1. The number of rotatable bonds is 4. The van der Waals surface area contributed by atoms with Crippen LogP contribution in [-0.2, 0) is 19.1 Å². The van der Waals surface area contributed by atoms with Crippen molar-refractivity contribution in [2.75, 3.05) is 33.4 Å². The first-order valence-electron chi connectivity index (χ1n) is 9.72. The zero-order valence-electron chi connectivity index (χ0n) is 16.0. The minimum Gasteiger partial charge on any atom is -0.449 e. The highest BCUT2D eigenvalue weighted by Gasteiger charge is 2.72. The summed E-state index contributed by atoms with van der Waals surface area (Å²) in [4.78, 5) is 42.2. The summed E-state index contributed by atoms with van der Waals surface area (Å²) in [5.74, 6) is -0.872. The van der Waals surface area contributed by atoms with E-state index in [1.165, 1.54) is 0 Å². The van der Waals surface area contributed by atoms with Crippen LogP contribution in [0.5, 0.6) is 0 Å². The molecule has 3 saturated heterocycles. The number of fused-ring (bicyclic) bond motifs is 4. The molecule has 0 aromatic heterocycles. The highest BCUT2D eigenvalue weighted by atomic mass is 16.6. The van der Waals surface area contributed by atoms with Crippen LogP contribution >= 0.6 is 0 Å². The number of methoxy groups -OCH3 is 1. The van der Waals surface area contributed by atoms with Crippen molar-refractivity contribution in [3.05, 3.63) is 22.5 Å². The van der Waals surface area contributed by atoms with Gasteiger partial charge in [0.15, 0.2) is 5.72 Å². The normalized spacial score (nSPS) is 36.1. The van der Waals surface area contributed by atoms with Gasteiger partial charge in [0.25, 0.3) is 0 Å². The van der Waals surface area contributed by atoms with E-state index in [9.17, 15) is 14.4 Å². The predicted octanol–water partition coefficient (Wildman–Crippen LogP) is -0.514. The van der Waals surface area contributed by atoms with E-state index in [-0.39, 0.29) is 30.3 Å². The zero-order valence-corrected chi connectivity index (χ0v) is 16.0. The van der Waals surface area contributed by atoms with E-state index in [2.05, 4.69) is 5.32 Å². The Hall–Kier alpha value is -2.39. The summed E-state index contributed by atoms with van der Waals surface area (Å²) in [6, 6.07) is 0.165. The quantitative estimate of drug-likeness (QED) is 0.487. The number of hydrogen-bond donors (Lipinski definition) is 2. The van der Waals surface area contributed by atoms with Gasteiger partial charge in [0.2, 0.25) is 11.6 Å². The van der Waals surface area contributed by atoms with Gasteiger partial charge in [-0.25, -0.2) is 4.79 Å². The Labute approximate surface area is 162 Å². The number of ketones is 2. The molecular weight excluding hydrogens is 364 g/mol. The monoisotopic (exact) mass is 388 g/mol. The molecule has 3 N–H and O–H groups in total. The lowest BCUT2D eigenvalue weighted by Crippen LogP contribution is -2.55. The zero-order chi connectivity index (χ0) is 19.8. The van der Waals surface area contributed by atoms with Crippen LogP contribution in [-0.4, -0.2) is 78.6 Å². The Bertz CT molecular complexity index is 858. The lowest BCUT2D eigenvalue weighted by Gasteiger charge is -2.39. The molecule has 4 heterocycles. The van der Waals surface area contributed by atoms with E-state index in [0.29, 0.717) is 29.1 Å². The van der Waals surface area contributed by atoms with E-state index >= 15 is 0 Å². The lowest BCUT2D eigenvalue weighted by atomic mass is 9.82. The van der Waals surface area contributed by atoms with Gasteiger partial charge in [-0.1, -0.05) is 0 Å². The van der Waals surface area contributed by atoms with Crippen molar-refractivity contribution in [3.63, 3.8) is 0 Å². The smallest absolute Gasteiger partial charge is 0.404 e. The van der Waals surface area contributed by atoms with E-state index in [4.69, 9.17) is 15.2 Å². The maximum absolute atomic E-state index is 13.6. The van der Waals surface area contributed by atoms with Gasteiger partial charge < -0.3 is 30.3 Å². The third-order valence-corrected chi connectivity index (χ3v) is 6.82. The predicted molar refractivity (Wildman–Crippen MR) is 96.7 cm³/mol.